The molecule has 112 valence electrons. The van der Waals surface area contributed by atoms with Gasteiger partial charge < -0.3 is 5.32 Å². The largest absolute Gasteiger partial charge is 0.363 e. The van der Waals surface area contributed by atoms with Crippen molar-refractivity contribution in [2.45, 2.75) is 46.1 Å². The third kappa shape index (κ3) is 3.94. The van der Waals surface area contributed by atoms with Crippen LogP contribution in [-0.2, 0) is 6.42 Å². The van der Waals surface area contributed by atoms with Gasteiger partial charge in [-0.1, -0.05) is 55.8 Å². The van der Waals surface area contributed by atoms with Crippen molar-refractivity contribution in [3.63, 3.8) is 0 Å². The summed E-state index contributed by atoms with van der Waals surface area (Å²) >= 11 is 6.24. The van der Waals surface area contributed by atoms with Crippen LogP contribution >= 0.6 is 11.6 Å². The Bertz CT molecular complexity index is 584. The van der Waals surface area contributed by atoms with Crippen LogP contribution in [0.5, 0.6) is 0 Å². The summed E-state index contributed by atoms with van der Waals surface area (Å²) in [6.07, 6.45) is 2.83. The Hall–Kier alpha value is -1.61. The zero-order valence-electron chi connectivity index (χ0n) is 12.9. The monoisotopic (exact) mass is 303 g/mol. The van der Waals surface area contributed by atoms with Gasteiger partial charge >= 0.3 is 0 Å². The van der Waals surface area contributed by atoms with Crippen molar-refractivity contribution in [3.05, 3.63) is 52.4 Å². The molecule has 1 aromatic carbocycles. The van der Waals surface area contributed by atoms with E-state index in [0.29, 0.717) is 5.15 Å². The molecular formula is C17H22ClN3. The van der Waals surface area contributed by atoms with Gasteiger partial charge in [0.25, 0.3) is 0 Å². The molecule has 2 aromatic rings. The molecule has 0 amide bonds. The fraction of sp³-hybridized carbons (Fsp3) is 0.412. The van der Waals surface area contributed by atoms with E-state index in [1.165, 1.54) is 5.56 Å². The number of anilines is 1. The molecule has 1 unspecified atom stereocenters. The normalized spacial score (nSPS) is 12.2. The van der Waals surface area contributed by atoms with Gasteiger partial charge in [0.1, 0.15) is 16.8 Å². The lowest BCUT2D eigenvalue weighted by atomic mass is 10.0. The van der Waals surface area contributed by atoms with Crippen LogP contribution in [0.2, 0.25) is 5.15 Å². The summed E-state index contributed by atoms with van der Waals surface area (Å²) in [5.74, 6) is 1.65. The first-order chi connectivity index (χ1) is 10.2. The first kappa shape index (κ1) is 15.8. The first-order valence-electron chi connectivity index (χ1n) is 7.50. The molecule has 1 aromatic heterocycles. The van der Waals surface area contributed by atoms with E-state index in [9.17, 15) is 0 Å². The molecule has 0 aliphatic heterocycles. The standard InChI is InChI=1S/C17H22ClN3/c1-4-9-15-20-16(18)12(3)17(21-15)19-14(5-2)13-10-7-6-8-11-13/h6-8,10-11,14H,4-5,9H2,1-3H3,(H,19,20,21). The lowest BCUT2D eigenvalue weighted by Gasteiger charge is -2.20. The average Bonchev–Trinajstić information content (AvgIpc) is 2.50. The Morgan fingerprint density at radius 1 is 1.14 bits per heavy atom. The highest BCUT2D eigenvalue weighted by Crippen LogP contribution is 2.26. The van der Waals surface area contributed by atoms with E-state index in [4.69, 9.17) is 11.6 Å². The highest BCUT2D eigenvalue weighted by Gasteiger charge is 2.14. The fourth-order valence-corrected chi connectivity index (χ4v) is 2.47. The Labute approximate surface area is 131 Å². The second kappa shape index (κ2) is 7.41. The van der Waals surface area contributed by atoms with Gasteiger partial charge in [-0.2, -0.15) is 0 Å². The summed E-state index contributed by atoms with van der Waals surface area (Å²) in [5, 5.41) is 4.06. The molecule has 0 bridgehead atoms. The molecular weight excluding hydrogens is 282 g/mol. The highest BCUT2D eigenvalue weighted by atomic mass is 35.5. The second-order valence-corrected chi connectivity index (χ2v) is 5.53. The molecule has 0 aliphatic carbocycles. The van der Waals surface area contributed by atoms with E-state index in [2.05, 4.69) is 53.4 Å². The van der Waals surface area contributed by atoms with Crippen LogP contribution in [0.25, 0.3) is 0 Å². The summed E-state index contributed by atoms with van der Waals surface area (Å²) in [5.41, 5.74) is 2.16. The molecule has 0 saturated carbocycles. The van der Waals surface area contributed by atoms with Gasteiger partial charge in [0.05, 0.1) is 6.04 Å². The number of hydrogen-bond acceptors (Lipinski definition) is 3. The highest BCUT2D eigenvalue weighted by molar-refractivity contribution is 6.30. The van der Waals surface area contributed by atoms with E-state index in [1.807, 2.05) is 13.0 Å². The van der Waals surface area contributed by atoms with Gasteiger partial charge in [0, 0.05) is 12.0 Å². The van der Waals surface area contributed by atoms with Crippen LogP contribution in [0.1, 0.15) is 49.7 Å². The number of halogens is 1. The maximum atomic E-state index is 6.24. The van der Waals surface area contributed by atoms with E-state index >= 15 is 0 Å². The van der Waals surface area contributed by atoms with Crippen LogP contribution in [0, 0.1) is 6.92 Å². The molecule has 0 fully saturated rings. The Morgan fingerprint density at radius 3 is 2.48 bits per heavy atom. The van der Waals surface area contributed by atoms with Crippen molar-refractivity contribution in [1.82, 2.24) is 9.97 Å². The first-order valence-corrected chi connectivity index (χ1v) is 7.88. The molecule has 0 radical (unpaired) electrons. The number of aryl methyl sites for hydroxylation is 1. The van der Waals surface area contributed by atoms with Crippen molar-refractivity contribution < 1.29 is 0 Å². The van der Waals surface area contributed by atoms with Crippen molar-refractivity contribution >= 4 is 17.4 Å². The van der Waals surface area contributed by atoms with Gasteiger partial charge in [-0.3, -0.25) is 0 Å². The SMILES string of the molecule is CCCc1nc(Cl)c(C)c(NC(CC)c2ccccc2)n1. The minimum atomic E-state index is 0.227. The van der Waals surface area contributed by atoms with Crippen LogP contribution in [0.4, 0.5) is 5.82 Å². The zero-order chi connectivity index (χ0) is 15.2. The minimum absolute atomic E-state index is 0.227. The predicted molar refractivity (Wildman–Crippen MR) is 88.9 cm³/mol. The molecule has 0 spiro atoms. The van der Waals surface area contributed by atoms with E-state index in [0.717, 1.165) is 36.5 Å². The summed E-state index contributed by atoms with van der Waals surface area (Å²) < 4.78 is 0. The molecule has 4 heteroatoms. The maximum absolute atomic E-state index is 6.24. The molecule has 3 nitrogen and oxygen atoms in total. The fourth-order valence-electron chi connectivity index (χ4n) is 2.28. The summed E-state index contributed by atoms with van der Waals surface area (Å²) in [4.78, 5) is 8.97. The summed E-state index contributed by atoms with van der Waals surface area (Å²) in [7, 11) is 0. The second-order valence-electron chi connectivity index (χ2n) is 5.17. The van der Waals surface area contributed by atoms with E-state index in [1.54, 1.807) is 0 Å². The average molecular weight is 304 g/mol. The molecule has 1 atom stereocenters. The topological polar surface area (TPSA) is 37.8 Å². The van der Waals surface area contributed by atoms with Crippen LogP contribution in [-0.4, -0.2) is 9.97 Å². The molecule has 21 heavy (non-hydrogen) atoms. The number of hydrogen-bond donors (Lipinski definition) is 1. The van der Waals surface area contributed by atoms with Crippen molar-refractivity contribution in [3.8, 4) is 0 Å². The van der Waals surface area contributed by atoms with Crippen LogP contribution < -0.4 is 5.32 Å². The van der Waals surface area contributed by atoms with Crippen molar-refractivity contribution in [2.75, 3.05) is 5.32 Å². The lowest BCUT2D eigenvalue weighted by Crippen LogP contribution is -2.13. The molecule has 2 rings (SSSR count). The predicted octanol–water partition coefficient (Wildman–Crippen LogP) is 4.95. The molecule has 0 aliphatic rings. The number of nitrogens with one attached hydrogen (secondary N) is 1. The minimum Gasteiger partial charge on any atom is -0.363 e. The summed E-state index contributed by atoms with van der Waals surface area (Å²) in [6, 6.07) is 10.6. The molecule has 1 N–H and O–H groups in total. The number of rotatable bonds is 6. The van der Waals surface area contributed by atoms with Gasteiger partial charge in [-0.15, -0.1) is 0 Å². The number of nitrogens with zero attached hydrogens (tertiary/aromatic N) is 2. The van der Waals surface area contributed by atoms with E-state index < -0.39 is 0 Å². The summed E-state index contributed by atoms with van der Waals surface area (Å²) in [6.45, 7) is 6.23. The Morgan fingerprint density at radius 2 is 1.86 bits per heavy atom. The Balaban J connectivity index is 2.28. The zero-order valence-corrected chi connectivity index (χ0v) is 13.6. The number of benzene rings is 1. The third-order valence-electron chi connectivity index (χ3n) is 3.53. The Kier molecular flexibility index (Phi) is 5.57. The maximum Gasteiger partial charge on any atom is 0.137 e. The van der Waals surface area contributed by atoms with Gasteiger partial charge in [0.2, 0.25) is 0 Å². The number of aromatic nitrogens is 2. The van der Waals surface area contributed by atoms with Crippen molar-refractivity contribution in [1.29, 1.82) is 0 Å². The van der Waals surface area contributed by atoms with Crippen LogP contribution in [0.15, 0.2) is 30.3 Å². The lowest BCUT2D eigenvalue weighted by molar-refractivity contribution is 0.736. The molecule has 1 heterocycles. The smallest absolute Gasteiger partial charge is 0.137 e. The quantitative estimate of drug-likeness (QED) is 0.767. The van der Waals surface area contributed by atoms with E-state index in [-0.39, 0.29) is 6.04 Å². The van der Waals surface area contributed by atoms with Gasteiger partial charge in [-0.05, 0) is 25.3 Å². The van der Waals surface area contributed by atoms with Gasteiger partial charge in [-0.25, -0.2) is 9.97 Å². The van der Waals surface area contributed by atoms with Gasteiger partial charge in [0.15, 0.2) is 0 Å². The van der Waals surface area contributed by atoms with Crippen LogP contribution in [0.3, 0.4) is 0 Å². The molecule has 0 saturated heterocycles. The third-order valence-corrected chi connectivity index (χ3v) is 3.90. The van der Waals surface area contributed by atoms with Crippen molar-refractivity contribution in [2.24, 2.45) is 0 Å².